The summed E-state index contributed by atoms with van der Waals surface area (Å²) in [5.74, 6) is 0.727. The molecule has 0 saturated carbocycles. The summed E-state index contributed by atoms with van der Waals surface area (Å²) in [6.07, 6.45) is 2.25. The van der Waals surface area contributed by atoms with E-state index in [0.717, 1.165) is 54.5 Å². The van der Waals surface area contributed by atoms with Crippen molar-refractivity contribution in [1.29, 1.82) is 5.26 Å². The Hall–Kier alpha value is -3.27. The minimum atomic E-state index is 0.163. The molecule has 2 unspecified atom stereocenters. The molecular formula is C24H23N5O. The van der Waals surface area contributed by atoms with Crippen LogP contribution in [0.15, 0.2) is 54.7 Å². The number of nitrogens with zero attached hydrogens (tertiary/aromatic N) is 4. The molecule has 3 aromatic rings. The maximum absolute atomic E-state index is 9.15. The Morgan fingerprint density at radius 3 is 2.33 bits per heavy atom. The molecule has 2 aliphatic rings. The molecule has 2 aliphatic heterocycles. The van der Waals surface area contributed by atoms with E-state index in [2.05, 4.69) is 47.5 Å². The van der Waals surface area contributed by atoms with E-state index in [1.165, 1.54) is 5.56 Å². The third-order valence-corrected chi connectivity index (χ3v) is 5.69. The van der Waals surface area contributed by atoms with E-state index in [4.69, 9.17) is 20.0 Å². The number of hydrogen-bond acceptors (Lipinski definition) is 6. The molecule has 1 N–H and O–H groups in total. The van der Waals surface area contributed by atoms with Crippen LogP contribution >= 0.6 is 0 Å². The van der Waals surface area contributed by atoms with E-state index >= 15 is 0 Å². The number of hydrogen-bond donors (Lipinski definition) is 1. The maximum Gasteiger partial charge on any atom is 0.226 e. The van der Waals surface area contributed by atoms with Crippen LogP contribution in [0.25, 0.3) is 22.4 Å². The van der Waals surface area contributed by atoms with Crippen LogP contribution in [-0.2, 0) is 4.74 Å². The number of aryl methyl sites for hydroxylation is 1. The van der Waals surface area contributed by atoms with Gasteiger partial charge < -0.3 is 15.0 Å². The van der Waals surface area contributed by atoms with E-state index < -0.39 is 0 Å². The minimum Gasteiger partial charge on any atom is -0.369 e. The van der Waals surface area contributed by atoms with Crippen LogP contribution in [0.5, 0.6) is 0 Å². The molecule has 5 rings (SSSR count). The zero-order valence-electron chi connectivity index (χ0n) is 16.9. The first-order chi connectivity index (χ1) is 14.7. The largest absolute Gasteiger partial charge is 0.369 e. The van der Waals surface area contributed by atoms with Gasteiger partial charge in [0.15, 0.2) is 0 Å². The van der Waals surface area contributed by atoms with E-state index in [0.29, 0.717) is 5.56 Å². The molecule has 0 spiro atoms. The lowest BCUT2D eigenvalue weighted by Gasteiger charge is -2.41. The molecule has 0 aliphatic carbocycles. The van der Waals surface area contributed by atoms with Crippen LogP contribution in [0, 0.1) is 18.3 Å². The van der Waals surface area contributed by atoms with E-state index in [-0.39, 0.29) is 12.2 Å². The maximum atomic E-state index is 9.15. The van der Waals surface area contributed by atoms with Crippen LogP contribution < -0.4 is 10.2 Å². The highest BCUT2D eigenvalue weighted by atomic mass is 16.5. The Balaban J connectivity index is 1.57. The number of nitriles is 1. The lowest BCUT2D eigenvalue weighted by Crippen LogP contribution is -2.58. The molecular weight excluding hydrogens is 374 g/mol. The van der Waals surface area contributed by atoms with Crippen LogP contribution in [0.2, 0.25) is 0 Å². The van der Waals surface area contributed by atoms with Gasteiger partial charge in [0.1, 0.15) is 0 Å². The number of nitrogens with one attached hydrogen (secondary N) is 1. The van der Waals surface area contributed by atoms with Crippen molar-refractivity contribution >= 4 is 5.95 Å². The Morgan fingerprint density at radius 2 is 1.67 bits per heavy atom. The zero-order valence-corrected chi connectivity index (χ0v) is 16.9. The fraction of sp³-hybridized carbons (Fsp3) is 0.292. The Bertz CT molecular complexity index is 1080. The molecule has 0 radical (unpaired) electrons. The van der Waals surface area contributed by atoms with Crippen LogP contribution in [0.4, 0.5) is 5.95 Å². The van der Waals surface area contributed by atoms with Crippen molar-refractivity contribution in [3.8, 4) is 28.5 Å². The standard InChI is InChI=1S/C24H23N5O/c1-16-2-6-18(7-3-16)22-13-27-24(29-14-20-11-26-12-21(15-29)30-20)28-23(22)19-8-4-17(10-25)5-9-19/h2-9,13,20-21,26H,11-12,14-15H2,1H3. The monoisotopic (exact) mass is 397 g/mol. The smallest absolute Gasteiger partial charge is 0.226 e. The van der Waals surface area contributed by atoms with E-state index in [1.54, 1.807) is 0 Å². The Kier molecular flexibility index (Phi) is 4.91. The summed E-state index contributed by atoms with van der Waals surface area (Å²) in [5, 5.41) is 12.6. The summed E-state index contributed by atoms with van der Waals surface area (Å²) in [6.45, 7) is 5.35. The molecule has 150 valence electrons. The lowest BCUT2D eigenvalue weighted by molar-refractivity contribution is -0.0488. The lowest BCUT2D eigenvalue weighted by atomic mass is 9.99. The number of ether oxygens (including phenoxy) is 1. The zero-order chi connectivity index (χ0) is 20.5. The van der Waals surface area contributed by atoms with Crippen LogP contribution in [0.3, 0.4) is 0 Å². The average molecular weight is 397 g/mol. The average Bonchev–Trinajstić information content (AvgIpc) is 2.79. The van der Waals surface area contributed by atoms with Gasteiger partial charge in [-0.2, -0.15) is 5.26 Å². The minimum absolute atomic E-state index is 0.163. The van der Waals surface area contributed by atoms with Gasteiger partial charge in [-0.3, -0.25) is 0 Å². The predicted molar refractivity (Wildman–Crippen MR) is 116 cm³/mol. The Labute approximate surface area is 176 Å². The first kappa shape index (κ1) is 18.7. The number of morpholine rings is 2. The second kappa shape index (κ2) is 7.86. The molecule has 2 atom stereocenters. The van der Waals surface area contributed by atoms with Gasteiger partial charge in [0.2, 0.25) is 5.95 Å². The summed E-state index contributed by atoms with van der Waals surface area (Å²) in [5.41, 5.74) is 5.77. The van der Waals surface area contributed by atoms with Gasteiger partial charge in [0, 0.05) is 43.5 Å². The first-order valence-corrected chi connectivity index (χ1v) is 10.3. The van der Waals surface area contributed by atoms with Crippen molar-refractivity contribution in [3.63, 3.8) is 0 Å². The molecule has 2 aromatic carbocycles. The van der Waals surface area contributed by atoms with Crippen molar-refractivity contribution in [1.82, 2.24) is 15.3 Å². The van der Waals surface area contributed by atoms with Crippen molar-refractivity contribution < 1.29 is 4.74 Å². The van der Waals surface area contributed by atoms with Gasteiger partial charge in [-0.25, -0.2) is 9.97 Å². The van der Waals surface area contributed by atoms with Gasteiger partial charge in [-0.1, -0.05) is 42.0 Å². The summed E-state index contributed by atoms with van der Waals surface area (Å²) in [7, 11) is 0. The second-order valence-corrected chi connectivity index (χ2v) is 7.93. The van der Waals surface area contributed by atoms with Crippen molar-refractivity contribution in [3.05, 3.63) is 65.9 Å². The fourth-order valence-electron chi connectivity index (χ4n) is 4.11. The number of benzene rings is 2. The highest BCUT2D eigenvalue weighted by Gasteiger charge is 2.32. The SMILES string of the molecule is Cc1ccc(-c2cnc(N3CC4CNCC(C3)O4)nc2-c2ccc(C#N)cc2)cc1. The number of anilines is 1. The summed E-state index contributed by atoms with van der Waals surface area (Å²) >= 11 is 0. The number of rotatable bonds is 3. The van der Waals surface area contributed by atoms with E-state index in [1.807, 2.05) is 30.5 Å². The van der Waals surface area contributed by atoms with Gasteiger partial charge in [0.25, 0.3) is 0 Å². The molecule has 6 heteroatoms. The van der Waals surface area contributed by atoms with Crippen molar-refractivity contribution in [2.75, 3.05) is 31.1 Å². The van der Waals surface area contributed by atoms with Crippen molar-refractivity contribution in [2.45, 2.75) is 19.1 Å². The normalized spacial score (nSPS) is 20.6. The molecule has 2 fully saturated rings. The summed E-state index contributed by atoms with van der Waals surface area (Å²) in [4.78, 5) is 12.0. The predicted octanol–water partition coefficient (Wildman–Crippen LogP) is 3.17. The highest BCUT2D eigenvalue weighted by Crippen LogP contribution is 2.32. The Morgan fingerprint density at radius 1 is 1.00 bits per heavy atom. The van der Waals surface area contributed by atoms with Gasteiger partial charge in [0.05, 0.1) is 29.5 Å². The first-order valence-electron chi connectivity index (χ1n) is 10.3. The second-order valence-electron chi connectivity index (χ2n) is 7.93. The third kappa shape index (κ3) is 3.65. The third-order valence-electron chi connectivity index (χ3n) is 5.69. The van der Waals surface area contributed by atoms with Gasteiger partial charge in [-0.05, 0) is 24.6 Å². The van der Waals surface area contributed by atoms with Crippen molar-refractivity contribution in [2.24, 2.45) is 0 Å². The van der Waals surface area contributed by atoms with Gasteiger partial charge in [-0.15, -0.1) is 0 Å². The number of aromatic nitrogens is 2. The fourth-order valence-corrected chi connectivity index (χ4v) is 4.11. The molecule has 3 heterocycles. The molecule has 30 heavy (non-hydrogen) atoms. The van der Waals surface area contributed by atoms with Gasteiger partial charge >= 0.3 is 0 Å². The quantitative estimate of drug-likeness (QED) is 0.732. The molecule has 6 nitrogen and oxygen atoms in total. The van der Waals surface area contributed by atoms with Crippen LogP contribution in [-0.4, -0.2) is 48.4 Å². The van der Waals surface area contributed by atoms with E-state index in [9.17, 15) is 0 Å². The topological polar surface area (TPSA) is 74.1 Å². The molecule has 2 saturated heterocycles. The summed E-state index contributed by atoms with van der Waals surface area (Å²) in [6, 6.07) is 18.2. The highest BCUT2D eigenvalue weighted by molar-refractivity contribution is 5.81. The molecule has 0 amide bonds. The summed E-state index contributed by atoms with van der Waals surface area (Å²) < 4.78 is 6.03. The molecule has 1 aromatic heterocycles. The van der Waals surface area contributed by atoms with Crippen LogP contribution in [0.1, 0.15) is 11.1 Å². The number of fused-ring (bicyclic) bond motifs is 2. The molecule has 2 bridgehead atoms.